The maximum atomic E-state index is 15.5. The summed E-state index contributed by atoms with van der Waals surface area (Å²) in [6.07, 6.45) is 1.45. The number of rotatable bonds is 9. The van der Waals surface area contributed by atoms with Gasteiger partial charge in [0.2, 0.25) is 5.88 Å². The molecule has 220 valence electrons. The van der Waals surface area contributed by atoms with Crippen molar-refractivity contribution in [3.63, 3.8) is 0 Å². The number of ether oxygens (including phenoxy) is 2. The third-order valence-corrected chi connectivity index (χ3v) is 7.85. The van der Waals surface area contributed by atoms with Crippen molar-refractivity contribution < 1.29 is 32.5 Å². The minimum Gasteiger partial charge on any atom is -0.478 e. The molecule has 0 bridgehead atoms. The number of aromatic nitrogens is 3. The summed E-state index contributed by atoms with van der Waals surface area (Å²) >= 11 is 0. The van der Waals surface area contributed by atoms with Gasteiger partial charge < -0.3 is 19.1 Å². The zero-order valence-electron chi connectivity index (χ0n) is 23.5. The number of carboxylic acid groups (broad SMARTS) is 1. The van der Waals surface area contributed by atoms with Crippen molar-refractivity contribution >= 4 is 17.0 Å². The van der Waals surface area contributed by atoms with Crippen molar-refractivity contribution in [1.82, 2.24) is 14.5 Å². The van der Waals surface area contributed by atoms with Crippen LogP contribution in [0.3, 0.4) is 0 Å². The van der Waals surface area contributed by atoms with Gasteiger partial charge in [0.05, 0.1) is 28.4 Å². The molecule has 0 amide bonds. The summed E-state index contributed by atoms with van der Waals surface area (Å²) in [4.78, 5) is 20.6. The van der Waals surface area contributed by atoms with Crippen molar-refractivity contribution in [2.45, 2.75) is 44.9 Å². The number of halogens is 3. The first-order chi connectivity index (χ1) is 20.7. The van der Waals surface area contributed by atoms with Crippen LogP contribution in [0.5, 0.6) is 5.88 Å². The summed E-state index contributed by atoms with van der Waals surface area (Å²) in [5.41, 5.74) is 2.67. The third-order valence-electron chi connectivity index (χ3n) is 7.85. The van der Waals surface area contributed by atoms with Gasteiger partial charge in [0.15, 0.2) is 0 Å². The molecule has 1 saturated carbocycles. The van der Waals surface area contributed by atoms with Gasteiger partial charge in [0.1, 0.15) is 29.9 Å². The van der Waals surface area contributed by atoms with Crippen molar-refractivity contribution in [3.8, 4) is 17.1 Å². The Labute approximate surface area is 245 Å². The Kier molecular flexibility index (Phi) is 7.62. The van der Waals surface area contributed by atoms with Crippen LogP contribution in [0, 0.1) is 24.4 Å². The van der Waals surface area contributed by atoms with Crippen LogP contribution in [0.25, 0.3) is 22.3 Å². The average molecular weight is 588 g/mol. The fourth-order valence-electron chi connectivity index (χ4n) is 5.41. The molecule has 0 aliphatic heterocycles. The number of imidazole rings is 1. The highest BCUT2D eigenvalue weighted by molar-refractivity contribution is 5.92. The van der Waals surface area contributed by atoms with E-state index in [0.29, 0.717) is 35.3 Å². The maximum Gasteiger partial charge on any atom is 0.335 e. The molecule has 2 aromatic heterocycles. The van der Waals surface area contributed by atoms with Crippen molar-refractivity contribution in [2.24, 2.45) is 0 Å². The SMILES string of the molecule is COC1CC(n2c(Cc3cc(F)c(-c4cccc(OCc5ccc(C)cc5F)n4)cc3F)nc3ccc(C(=O)O)cc32)C1. The molecule has 0 unspecified atom stereocenters. The monoisotopic (exact) mass is 587 g/mol. The van der Waals surface area contributed by atoms with Gasteiger partial charge in [-0.25, -0.2) is 27.9 Å². The zero-order chi connectivity index (χ0) is 30.2. The molecule has 1 fully saturated rings. The van der Waals surface area contributed by atoms with Gasteiger partial charge in [-0.05, 0) is 73.4 Å². The first-order valence-corrected chi connectivity index (χ1v) is 13.8. The van der Waals surface area contributed by atoms with Gasteiger partial charge >= 0.3 is 5.97 Å². The van der Waals surface area contributed by atoms with E-state index >= 15 is 8.78 Å². The number of benzene rings is 3. The van der Waals surface area contributed by atoms with Gasteiger partial charge in [0.25, 0.3) is 0 Å². The maximum absolute atomic E-state index is 15.5. The minimum absolute atomic E-state index is 0.00698. The van der Waals surface area contributed by atoms with E-state index in [1.165, 1.54) is 12.1 Å². The second-order valence-corrected chi connectivity index (χ2v) is 10.7. The van der Waals surface area contributed by atoms with Crippen LogP contribution in [0.2, 0.25) is 0 Å². The van der Waals surface area contributed by atoms with E-state index in [1.54, 1.807) is 56.5 Å². The Hall–Kier alpha value is -4.70. The molecule has 43 heavy (non-hydrogen) atoms. The summed E-state index contributed by atoms with van der Waals surface area (Å²) in [5.74, 6) is -2.13. The van der Waals surface area contributed by atoms with Gasteiger partial charge in [-0.2, -0.15) is 0 Å². The van der Waals surface area contributed by atoms with Gasteiger partial charge in [0, 0.05) is 36.8 Å². The lowest BCUT2D eigenvalue weighted by Gasteiger charge is -2.36. The summed E-state index contributed by atoms with van der Waals surface area (Å²) in [6.45, 7) is 1.72. The van der Waals surface area contributed by atoms with E-state index in [1.807, 2.05) is 4.57 Å². The van der Waals surface area contributed by atoms with E-state index in [-0.39, 0.29) is 53.4 Å². The molecule has 0 saturated heterocycles. The highest BCUT2D eigenvalue weighted by Crippen LogP contribution is 2.38. The molecule has 5 aromatic rings. The highest BCUT2D eigenvalue weighted by Gasteiger charge is 2.33. The van der Waals surface area contributed by atoms with E-state index in [9.17, 15) is 14.3 Å². The average Bonchev–Trinajstić information content (AvgIpc) is 3.30. The molecule has 0 radical (unpaired) electrons. The molecule has 6 rings (SSSR count). The van der Waals surface area contributed by atoms with E-state index in [0.717, 1.165) is 17.7 Å². The molecule has 1 aliphatic rings. The Morgan fingerprint density at radius 2 is 1.74 bits per heavy atom. The Morgan fingerprint density at radius 3 is 2.49 bits per heavy atom. The van der Waals surface area contributed by atoms with Crippen LogP contribution in [-0.2, 0) is 17.8 Å². The number of carbonyl (C=O) groups is 1. The molecular weight excluding hydrogens is 559 g/mol. The topological polar surface area (TPSA) is 86.5 Å². The van der Waals surface area contributed by atoms with Crippen molar-refractivity contribution in [3.05, 3.63) is 112 Å². The number of hydrogen-bond donors (Lipinski definition) is 1. The number of carboxylic acids is 1. The lowest BCUT2D eigenvalue weighted by molar-refractivity contribution is 0.00665. The molecule has 10 heteroatoms. The molecule has 7 nitrogen and oxygen atoms in total. The largest absolute Gasteiger partial charge is 0.478 e. The first kappa shape index (κ1) is 28.4. The predicted octanol–water partition coefficient (Wildman–Crippen LogP) is 7.04. The summed E-state index contributed by atoms with van der Waals surface area (Å²) in [6, 6.07) is 16.4. The van der Waals surface area contributed by atoms with Gasteiger partial charge in [-0.3, -0.25) is 0 Å². The minimum atomic E-state index is -1.06. The molecular formula is C33H28F3N3O4. The summed E-state index contributed by atoms with van der Waals surface area (Å²) < 4.78 is 58.2. The van der Waals surface area contributed by atoms with Gasteiger partial charge in [-0.15, -0.1) is 0 Å². The number of hydrogen-bond acceptors (Lipinski definition) is 5. The fourth-order valence-corrected chi connectivity index (χ4v) is 5.41. The fraction of sp³-hybridized carbons (Fsp3) is 0.242. The van der Waals surface area contributed by atoms with E-state index in [2.05, 4.69) is 9.97 Å². The van der Waals surface area contributed by atoms with Crippen LogP contribution < -0.4 is 4.74 Å². The number of pyridine rings is 1. The van der Waals surface area contributed by atoms with E-state index in [4.69, 9.17) is 9.47 Å². The number of methoxy groups -OCH3 is 1. The lowest BCUT2D eigenvalue weighted by atomic mass is 9.88. The van der Waals surface area contributed by atoms with Crippen molar-refractivity contribution in [2.75, 3.05) is 7.11 Å². The molecule has 1 aliphatic carbocycles. The lowest BCUT2D eigenvalue weighted by Crippen LogP contribution is -2.33. The van der Waals surface area contributed by atoms with Crippen LogP contribution in [-0.4, -0.2) is 38.8 Å². The van der Waals surface area contributed by atoms with Gasteiger partial charge in [-0.1, -0.05) is 18.2 Å². The quantitative estimate of drug-likeness (QED) is 0.199. The summed E-state index contributed by atoms with van der Waals surface area (Å²) in [5, 5.41) is 9.50. The second kappa shape index (κ2) is 11.5. The standard InChI is InChI=1S/C33H28F3N3O4/c1-18-6-7-20(25(34)10-18)17-43-32-5-3-4-28(38-32)24-16-26(35)21(11-27(24)36)13-31-37-29-9-8-19(33(40)41)12-30(29)39(31)22-14-23(15-22)42-2/h3-12,16,22-23H,13-15,17H2,1-2H3,(H,40,41). The normalized spacial score (nSPS) is 16.3. The number of aryl methyl sites for hydroxylation is 1. The van der Waals surface area contributed by atoms with Crippen LogP contribution in [0.1, 0.15) is 51.8 Å². The predicted molar refractivity (Wildman–Crippen MR) is 154 cm³/mol. The molecule has 2 heterocycles. The molecule has 0 atom stereocenters. The Balaban J connectivity index is 1.28. The third kappa shape index (κ3) is 5.70. The smallest absolute Gasteiger partial charge is 0.335 e. The van der Waals surface area contributed by atoms with Crippen LogP contribution >= 0.6 is 0 Å². The Morgan fingerprint density at radius 1 is 0.953 bits per heavy atom. The molecule has 0 spiro atoms. The summed E-state index contributed by atoms with van der Waals surface area (Å²) in [7, 11) is 1.64. The zero-order valence-corrected chi connectivity index (χ0v) is 23.5. The van der Waals surface area contributed by atoms with Crippen LogP contribution in [0.4, 0.5) is 13.2 Å². The number of aromatic carboxylic acids is 1. The Bertz CT molecular complexity index is 1850. The second-order valence-electron chi connectivity index (χ2n) is 10.7. The molecule has 3 aromatic carbocycles. The first-order valence-electron chi connectivity index (χ1n) is 13.8. The highest BCUT2D eigenvalue weighted by atomic mass is 19.1. The van der Waals surface area contributed by atoms with E-state index < -0.39 is 23.4 Å². The number of nitrogens with zero attached hydrogens (tertiary/aromatic N) is 3. The van der Waals surface area contributed by atoms with Crippen molar-refractivity contribution in [1.29, 1.82) is 0 Å². The number of fused-ring (bicyclic) bond motifs is 1. The molecule has 1 N–H and O–H groups in total. The van der Waals surface area contributed by atoms with Crippen LogP contribution in [0.15, 0.2) is 66.7 Å².